The Kier molecular flexibility index (Phi) is 12.6. The number of aryl methyl sites for hydroxylation is 2. The molecule has 274 valence electrons. The second kappa shape index (κ2) is 16.7. The normalized spacial score (nSPS) is 20.2. The highest BCUT2D eigenvalue weighted by atomic mass is 32.2. The van der Waals surface area contributed by atoms with Crippen LogP contribution in [0.4, 0.5) is 5.95 Å². The third kappa shape index (κ3) is 9.82. The Hall–Kier alpha value is -3.54. The molecule has 0 radical (unpaired) electrons. The maximum atomic E-state index is 13.7. The molecule has 4 bridgehead atoms. The number of anilines is 1. The van der Waals surface area contributed by atoms with E-state index in [2.05, 4.69) is 40.4 Å². The van der Waals surface area contributed by atoms with E-state index in [1.165, 1.54) is 57.3 Å². The molecule has 1 aliphatic carbocycles. The highest BCUT2D eigenvalue weighted by Crippen LogP contribution is 2.31. The smallest absolute Gasteiger partial charge is 0.264 e. The summed E-state index contributed by atoms with van der Waals surface area (Å²) in [4.78, 5) is 27.1. The van der Waals surface area contributed by atoms with E-state index >= 15 is 0 Å². The van der Waals surface area contributed by atoms with E-state index in [9.17, 15) is 13.2 Å². The van der Waals surface area contributed by atoms with Gasteiger partial charge in [-0.05, 0) is 74.3 Å². The first-order valence-corrected chi connectivity index (χ1v) is 19.7. The SMILES string of the molecule is C1CCC(N2CCOCC2)CC1.CCCN1C(=O)c2cccc(c2)S(=O)(=O)Nc2nc(cc(-c3c(C)cccc3C)n2)OC[C@H]1CC(C)(C)C.[HH]. The molecule has 3 heterocycles. The fraction of sp³-hybridized carbons (Fsp3) is 0.564. The van der Waals surface area contributed by atoms with Crippen LogP contribution in [-0.4, -0.2) is 85.6 Å². The largest absolute Gasteiger partial charge is 0.475 e. The Bertz CT molecular complexity index is 1680. The molecule has 1 amide bonds. The lowest BCUT2D eigenvalue weighted by Crippen LogP contribution is -2.46. The molecule has 2 aromatic carbocycles. The van der Waals surface area contributed by atoms with Crippen molar-refractivity contribution in [2.24, 2.45) is 5.41 Å². The first kappa shape index (κ1) is 37.7. The van der Waals surface area contributed by atoms with Gasteiger partial charge in [0.1, 0.15) is 6.61 Å². The van der Waals surface area contributed by atoms with E-state index in [0.717, 1.165) is 42.4 Å². The number of sulfonamides is 1. The third-order valence-electron chi connectivity index (χ3n) is 9.63. The number of carbonyl (C=O) groups is 1. The zero-order valence-electron chi connectivity index (χ0n) is 30.7. The molecule has 3 aliphatic rings. The second-order valence-electron chi connectivity index (χ2n) is 15.0. The number of carbonyl (C=O) groups excluding carboxylic acids is 1. The van der Waals surface area contributed by atoms with Crippen molar-refractivity contribution in [1.29, 1.82) is 0 Å². The van der Waals surface area contributed by atoms with Gasteiger partial charge < -0.3 is 14.4 Å². The minimum Gasteiger partial charge on any atom is -0.475 e. The van der Waals surface area contributed by atoms with Gasteiger partial charge in [0.05, 0.1) is 29.8 Å². The molecular weight excluding hydrogens is 651 g/mol. The number of amides is 1. The lowest BCUT2D eigenvalue weighted by Gasteiger charge is -2.36. The number of hydrogen-bond acceptors (Lipinski definition) is 8. The molecular formula is C39H57N5O5S. The van der Waals surface area contributed by atoms with Crippen molar-refractivity contribution >= 4 is 21.9 Å². The summed E-state index contributed by atoms with van der Waals surface area (Å²) in [6.45, 7) is 17.3. The van der Waals surface area contributed by atoms with E-state index in [1.54, 1.807) is 23.1 Å². The average Bonchev–Trinajstić information content (AvgIpc) is 3.09. The Morgan fingerprint density at radius 2 is 1.64 bits per heavy atom. The molecule has 3 aromatic rings. The van der Waals surface area contributed by atoms with Crippen LogP contribution in [-0.2, 0) is 14.8 Å². The van der Waals surface area contributed by atoms with Crippen molar-refractivity contribution in [3.05, 3.63) is 65.2 Å². The molecule has 50 heavy (non-hydrogen) atoms. The Morgan fingerprint density at radius 1 is 0.960 bits per heavy atom. The van der Waals surface area contributed by atoms with Gasteiger partial charge in [0.25, 0.3) is 15.9 Å². The van der Waals surface area contributed by atoms with E-state index in [4.69, 9.17) is 9.47 Å². The quantitative estimate of drug-likeness (QED) is 0.290. The van der Waals surface area contributed by atoms with Gasteiger partial charge in [0, 0.05) is 44.3 Å². The van der Waals surface area contributed by atoms with Crippen LogP contribution in [0.1, 0.15) is 95.6 Å². The molecule has 1 saturated carbocycles. The lowest BCUT2D eigenvalue weighted by molar-refractivity contribution is 0.00858. The summed E-state index contributed by atoms with van der Waals surface area (Å²) in [6.07, 6.45) is 8.65. The maximum Gasteiger partial charge on any atom is 0.264 e. The number of rotatable bonds is 5. The van der Waals surface area contributed by atoms with E-state index < -0.39 is 10.0 Å². The Labute approximate surface area is 300 Å². The Balaban J connectivity index is 0.000000377. The van der Waals surface area contributed by atoms with E-state index in [-0.39, 0.29) is 42.1 Å². The molecule has 10 nitrogen and oxygen atoms in total. The molecule has 1 aromatic heterocycles. The van der Waals surface area contributed by atoms with Crippen molar-refractivity contribution < 1.29 is 24.1 Å². The highest BCUT2D eigenvalue weighted by molar-refractivity contribution is 7.92. The van der Waals surface area contributed by atoms with Crippen LogP contribution in [0.3, 0.4) is 0 Å². The minimum absolute atomic E-state index is 0. The summed E-state index contributed by atoms with van der Waals surface area (Å²) in [5.41, 5.74) is 3.67. The van der Waals surface area contributed by atoms with Crippen LogP contribution < -0.4 is 9.46 Å². The van der Waals surface area contributed by atoms with Gasteiger partial charge >= 0.3 is 0 Å². The summed E-state index contributed by atoms with van der Waals surface area (Å²) in [5.74, 6) is -0.0759. The molecule has 0 spiro atoms. The third-order valence-corrected chi connectivity index (χ3v) is 11.0. The number of aromatic nitrogens is 2. The minimum atomic E-state index is -4.07. The zero-order chi connectivity index (χ0) is 35.9. The van der Waals surface area contributed by atoms with Crippen molar-refractivity contribution in [2.45, 2.75) is 103 Å². The van der Waals surface area contributed by atoms with E-state index in [0.29, 0.717) is 24.2 Å². The molecule has 6 rings (SSSR count). The van der Waals surface area contributed by atoms with Crippen molar-refractivity contribution in [1.82, 2.24) is 19.8 Å². The van der Waals surface area contributed by atoms with Crippen molar-refractivity contribution in [3.8, 4) is 17.1 Å². The predicted octanol–water partition coefficient (Wildman–Crippen LogP) is 7.51. The summed E-state index contributed by atoms with van der Waals surface area (Å²) >= 11 is 0. The fourth-order valence-electron chi connectivity index (χ4n) is 7.26. The molecule has 1 atom stereocenters. The second-order valence-corrected chi connectivity index (χ2v) is 16.7. The fourth-order valence-corrected chi connectivity index (χ4v) is 8.25. The molecule has 1 saturated heterocycles. The number of nitrogens with zero attached hydrogens (tertiary/aromatic N) is 4. The lowest BCUT2D eigenvalue weighted by atomic mass is 9.87. The zero-order valence-corrected chi connectivity index (χ0v) is 31.5. The summed E-state index contributed by atoms with van der Waals surface area (Å²) < 4.78 is 40.8. The van der Waals surface area contributed by atoms with Gasteiger partial charge in [0.2, 0.25) is 11.8 Å². The predicted molar refractivity (Wildman–Crippen MR) is 200 cm³/mol. The molecule has 2 aliphatic heterocycles. The maximum absolute atomic E-state index is 13.7. The number of ether oxygens (including phenoxy) is 2. The molecule has 1 N–H and O–H groups in total. The van der Waals surface area contributed by atoms with Crippen molar-refractivity contribution in [3.63, 3.8) is 0 Å². The summed E-state index contributed by atoms with van der Waals surface area (Å²) in [6, 6.07) is 14.4. The summed E-state index contributed by atoms with van der Waals surface area (Å²) in [5, 5.41) is 0. The van der Waals surface area contributed by atoms with Crippen molar-refractivity contribution in [2.75, 3.05) is 44.2 Å². The van der Waals surface area contributed by atoms with Crippen LogP contribution in [0.15, 0.2) is 53.4 Å². The molecule has 2 fully saturated rings. The van der Waals surface area contributed by atoms with Gasteiger partial charge in [-0.25, -0.2) is 18.1 Å². The highest BCUT2D eigenvalue weighted by Gasteiger charge is 2.31. The first-order valence-electron chi connectivity index (χ1n) is 18.2. The van der Waals surface area contributed by atoms with Gasteiger partial charge in [-0.1, -0.05) is 71.2 Å². The first-order chi connectivity index (χ1) is 23.8. The number of fused-ring (bicyclic) bond motifs is 4. The number of benzene rings is 2. The number of nitrogens with one attached hydrogen (secondary N) is 1. The van der Waals surface area contributed by atoms with Gasteiger partial charge in [-0.2, -0.15) is 4.98 Å². The van der Waals surface area contributed by atoms with Gasteiger partial charge in [0.15, 0.2) is 0 Å². The molecule has 11 heteroatoms. The van der Waals surface area contributed by atoms with Crippen LogP contribution in [0, 0.1) is 19.3 Å². The summed E-state index contributed by atoms with van der Waals surface area (Å²) in [7, 11) is -4.07. The monoisotopic (exact) mass is 707 g/mol. The standard InChI is InChI=1S/C29H36N4O4S.C10H19NO.H2/c1-7-14-33-22(17-29(4,5)6)18-37-25-16-24(26-19(2)10-8-11-20(26)3)30-28(31-25)32-38(35,36)23-13-9-12-21(15-23)27(33)34;1-2-4-10(5-3-1)11-6-8-12-9-7-11;/h8-13,15-16,22H,7,14,17-18H2,1-6H3,(H,30,31,32);10H,1-9H2;1H/t22-;;/m1../s1. The van der Waals surface area contributed by atoms with E-state index in [1.807, 2.05) is 39.0 Å². The van der Waals surface area contributed by atoms with Crippen LogP contribution in [0.5, 0.6) is 5.88 Å². The van der Waals surface area contributed by atoms with Crippen LogP contribution in [0.25, 0.3) is 11.3 Å². The van der Waals surface area contributed by atoms with Gasteiger partial charge in [-0.15, -0.1) is 0 Å². The molecule has 0 unspecified atom stereocenters. The Morgan fingerprint density at radius 3 is 2.30 bits per heavy atom. The van der Waals surface area contributed by atoms with Gasteiger partial charge in [-0.3, -0.25) is 9.69 Å². The number of morpholine rings is 1. The number of hydrogen-bond donors (Lipinski definition) is 1. The average molecular weight is 708 g/mol. The van der Waals surface area contributed by atoms with Crippen LogP contribution in [0.2, 0.25) is 0 Å². The topological polar surface area (TPSA) is 114 Å². The van der Waals surface area contributed by atoms with Crippen LogP contribution >= 0.6 is 0 Å².